The van der Waals surface area contributed by atoms with Crippen LogP contribution in [-0.4, -0.2) is 24.3 Å². The van der Waals surface area contributed by atoms with E-state index in [2.05, 4.69) is 15.9 Å². The van der Waals surface area contributed by atoms with Gasteiger partial charge in [0.15, 0.2) is 5.54 Å². The number of ether oxygens (including phenoxy) is 1. The highest BCUT2D eigenvalue weighted by Crippen LogP contribution is 2.25. The molecule has 0 N–H and O–H groups in total. The molecule has 1 atom stereocenters. The molecule has 0 saturated heterocycles. The summed E-state index contributed by atoms with van der Waals surface area (Å²) in [5.74, 6) is -0.364. The van der Waals surface area contributed by atoms with E-state index >= 15 is 0 Å². The van der Waals surface area contributed by atoms with Crippen LogP contribution in [0.5, 0.6) is 0 Å². The lowest BCUT2D eigenvalue weighted by atomic mass is 9.92. The van der Waals surface area contributed by atoms with Crippen molar-refractivity contribution in [1.29, 1.82) is 0 Å². The third kappa shape index (κ3) is 4.76. The van der Waals surface area contributed by atoms with Crippen LogP contribution in [-0.2, 0) is 16.0 Å². The molecule has 142 valence electrons. The van der Waals surface area contributed by atoms with E-state index in [1.54, 1.807) is 0 Å². The monoisotopic (exact) mass is 435 g/mol. The lowest BCUT2D eigenvalue weighted by Crippen LogP contribution is -2.38. The maximum atomic E-state index is 12.8. The lowest BCUT2D eigenvalue weighted by Gasteiger charge is -2.24. The third-order valence-corrected chi connectivity index (χ3v) is 5.01. The molecule has 0 amide bonds. The number of halogens is 1. The summed E-state index contributed by atoms with van der Waals surface area (Å²) in [5.41, 5.74) is 2.63. The van der Waals surface area contributed by atoms with Crippen LogP contribution in [0.25, 0.3) is 0 Å². The van der Waals surface area contributed by atoms with Gasteiger partial charge in [0.05, 0.1) is 12.8 Å². The van der Waals surface area contributed by atoms with E-state index in [0.717, 1.165) is 26.9 Å². The summed E-state index contributed by atoms with van der Waals surface area (Å²) >= 11 is 3.50. The van der Waals surface area contributed by atoms with Crippen LogP contribution >= 0.6 is 15.9 Å². The van der Waals surface area contributed by atoms with E-state index < -0.39 is 5.54 Å². The molecule has 0 radical (unpaired) electrons. The van der Waals surface area contributed by atoms with E-state index in [1.807, 2.05) is 91.9 Å². The van der Waals surface area contributed by atoms with E-state index in [4.69, 9.17) is 9.73 Å². The Morgan fingerprint density at radius 1 is 0.929 bits per heavy atom. The molecule has 1 unspecified atom stereocenters. The molecule has 0 fully saturated rings. The van der Waals surface area contributed by atoms with Crippen molar-refractivity contribution in [2.24, 2.45) is 4.99 Å². The number of hydrogen-bond donors (Lipinski definition) is 0. The van der Waals surface area contributed by atoms with Crippen LogP contribution in [0.2, 0.25) is 0 Å². The zero-order valence-corrected chi connectivity index (χ0v) is 17.5. The zero-order valence-electron chi connectivity index (χ0n) is 15.9. The first-order valence-electron chi connectivity index (χ1n) is 9.05. The zero-order chi connectivity index (χ0) is 20.0. The normalized spacial score (nSPS) is 12.7. The number of aliphatic imine (C=N–C) groups is 1. The largest absolute Gasteiger partial charge is 0.467 e. The Hall–Kier alpha value is -2.72. The van der Waals surface area contributed by atoms with Gasteiger partial charge in [0.1, 0.15) is 0 Å². The molecule has 0 aromatic heterocycles. The number of methoxy groups -OCH3 is 1. The van der Waals surface area contributed by atoms with Crippen LogP contribution in [0, 0.1) is 0 Å². The number of rotatable bonds is 6. The summed E-state index contributed by atoms with van der Waals surface area (Å²) in [7, 11) is 1.40. The Bertz CT molecular complexity index is 929. The first-order chi connectivity index (χ1) is 13.5. The maximum Gasteiger partial charge on any atom is 0.333 e. The van der Waals surface area contributed by atoms with Crippen LogP contribution in [0.1, 0.15) is 23.6 Å². The molecule has 3 aromatic rings. The first kappa shape index (κ1) is 20.0. The second kappa shape index (κ2) is 8.98. The molecular formula is C24H22BrNO2. The molecular weight excluding hydrogens is 414 g/mol. The van der Waals surface area contributed by atoms with Crippen molar-refractivity contribution in [3.63, 3.8) is 0 Å². The van der Waals surface area contributed by atoms with Gasteiger partial charge in [-0.25, -0.2) is 4.79 Å². The molecule has 28 heavy (non-hydrogen) atoms. The lowest BCUT2D eigenvalue weighted by molar-refractivity contribution is -0.146. The highest BCUT2D eigenvalue weighted by Gasteiger charge is 2.35. The number of hydrogen-bond acceptors (Lipinski definition) is 3. The van der Waals surface area contributed by atoms with Crippen LogP contribution < -0.4 is 0 Å². The average Bonchev–Trinajstić information content (AvgIpc) is 2.72. The summed E-state index contributed by atoms with van der Waals surface area (Å²) in [6, 6.07) is 27.7. The van der Waals surface area contributed by atoms with Crippen LogP contribution in [0.4, 0.5) is 0 Å². The van der Waals surface area contributed by atoms with Crippen molar-refractivity contribution in [3.8, 4) is 0 Å². The van der Waals surface area contributed by atoms with Crippen molar-refractivity contribution < 1.29 is 9.53 Å². The van der Waals surface area contributed by atoms with E-state index in [9.17, 15) is 4.79 Å². The fraction of sp³-hybridized carbons (Fsp3) is 0.167. The van der Waals surface area contributed by atoms with Gasteiger partial charge in [0, 0.05) is 22.0 Å². The minimum atomic E-state index is -1.06. The van der Waals surface area contributed by atoms with Gasteiger partial charge in [-0.05, 0) is 24.6 Å². The molecule has 3 nitrogen and oxygen atoms in total. The Morgan fingerprint density at radius 2 is 1.50 bits per heavy atom. The van der Waals surface area contributed by atoms with E-state index in [0.29, 0.717) is 6.42 Å². The summed E-state index contributed by atoms with van der Waals surface area (Å²) in [6.07, 6.45) is 0.433. The molecule has 0 bridgehead atoms. The number of carbonyl (C=O) groups excluding carboxylic acids is 1. The fourth-order valence-corrected chi connectivity index (χ4v) is 3.60. The predicted octanol–water partition coefficient (Wildman–Crippen LogP) is 5.46. The van der Waals surface area contributed by atoms with Gasteiger partial charge < -0.3 is 4.74 Å². The summed E-state index contributed by atoms with van der Waals surface area (Å²) in [6.45, 7) is 1.83. The van der Waals surface area contributed by atoms with Gasteiger partial charge in [0.2, 0.25) is 0 Å². The Balaban J connectivity index is 2.13. The summed E-state index contributed by atoms with van der Waals surface area (Å²) < 4.78 is 6.10. The van der Waals surface area contributed by atoms with Crippen LogP contribution in [0.3, 0.4) is 0 Å². The topological polar surface area (TPSA) is 38.7 Å². The number of benzene rings is 3. The minimum Gasteiger partial charge on any atom is -0.467 e. The number of esters is 1. The van der Waals surface area contributed by atoms with Gasteiger partial charge in [-0.2, -0.15) is 0 Å². The van der Waals surface area contributed by atoms with E-state index in [-0.39, 0.29) is 5.97 Å². The molecule has 0 heterocycles. The molecule has 3 rings (SSSR count). The van der Waals surface area contributed by atoms with Crippen molar-refractivity contribution in [2.75, 3.05) is 7.11 Å². The van der Waals surface area contributed by atoms with Crippen molar-refractivity contribution in [3.05, 3.63) is 106 Å². The molecule has 4 heteroatoms. The first-order valence-corrected chi connectivity index (χ1v) is 9.85. The molecule has 3 aromatic carbocycles. The highest BCUT2D eigenvalue weighted by molar-refractivity contribution is 9.10. The number of nitrogens with zero attached hydrogens (tertiary/aromatic N) is 1. The van der Waals surface area contributed by atoms with Crippen molar-refractivity contribution in [2.45, 2.75) is 18.9 Å². The number of carbonyl (C=O) groups is 1. The quantitative estimate of drug-likeness (QED) is 0.380. The fourth-order valence-electron chi connectivity index (χ4n) is 3.16. The van der Waals surface area contributed by atoms with E-state index in [1.165, 1.54) is 7.11 Å². The average molecular weight is 436 g/mol. The molecule has 0 spiro atoms. The second-order valence-corrected chi connectivity index (χ2v) is 7.68. The third-order valence-electron chi connectivity index (χ3n) is 4.52. The van der Waals surface area contributed by atoms with Crippen molar-refractivity contribution in [1.82, 2.24) is 0 Å². The smallest absolute Gasteiger partial charge is 0.333 e. The second-order valence-electron chi connectivity index (χ2n) is 6.76. The molecule has 0 aliphatic carbocycles. The predicted molar refractivity (Wildman–Crippen MR) is 117 cm³/mol. The summed E-state index contributed by atoms with van der Waals surface area (Å²) in [5, 5.41) is 0. The van der Waals surface area contributed by atoms with Gasteiger partial charge in [-0.1, -0.05) is 88.7 Å². The van der Waals surface area contributed by atoms with Crippen LogP contribution in [0.15, 0.2) is 94.4 Å². The Kier molecular flexibility index (Phi) is 6.42. The SMILES string of the molecule is COC(=O)C(C)(Cc1cccc(Br)c1)N=C(c1ccccc1)c1ccccc1. The Morgan fingerprint density at radius 3 is 2.00 bits per heavy atom. The van der Waals surface area contributed by atoms with Gasteiger partial charge in [-0.15, -0.1) is 0 Å². The molecule has 0 aliphatic heterocycles. The molecule has 0 aliphatic rings. The van der Waals surface area contributed by atoms with Gasteiger partial charge in [-0.3, -0.25) is 4.99 Å². The molecule has 0 saturated carbocycles. The standard InChI is InChI=1S/C24H22BrNO2/c1-24(23(27)28-2,17-18-10-9-15-21(25)16-18)26-22(19-11-5-3-6-12-19)20-13-7-4-8-14-20/h3-16H,17H2,1-2H3. The highest BCUT2D eigenvalue weighted by atomic mass is 79.9. The van der Waals surface area contributed by atoms with Gasteiger partial charge in [0.25, 0.3) is 0 Å². The Labute approximate surface area is 174 Å². The maximum absolute atomic E-state index is 12.8. The van der Waals surface area contributed by atoms with Gasteiger partial charge >= 0.3 is 5.97 Å². The van der Waals surface area contributed by atoms with Crippen molar-refractivity contribution >= 4 is 27.6 Å². The minimum absolute atomic E-state index is 0.364. The summed E-state index contributed by atoms with van der Waals surface area (Å²) in [4.78, 5) is 17.8.